The lowest BCUT2D eigenvalue weighted by atomic mass is 9.94. The Balaban J connectivity index is 2.62. The minimum Gasteiger partial charge on any atom is -0.496 e. The highest BCUT2D eigenvalue weighted by Gasteiger charge is 2.16. The fraction of sp³-hybridized carbons (Fsp3) is 0.400. The molecule has 2 aromatic rings. The maximum absolute atomic E-state index is 5.65. The van der Waals surface area contributed by atoms with Gasteiger partial charge in [0.05, 0.1) is 19.1 Å². The summed E-state index contributed by atoms with van der Waals surface area (Å²) < 4.78 is 5.41. The van der Waals surface area contributed by atoms with E-state index in [1.165, 1.54) is 16.7 Å². The van der Waals surface area contributed by atoms with Crippen molar-refractivity contribution in [3.63, 3.8) is 0 Å². The first kappa shape index (κ1) is 13.6. The molecule has 0 saturated carbocycles. The SMILES string of the molecule is COc1cc(C)c(-c2nc[nH]c2CCN)c(C)c1C. The second kappa shape index (κ2) is 5.45. The Labute approximate surface area is 114 Å². The Morgan fingerprint density at radius 3 is 2.63 bits per heavy atom. The minimum absolute atomic E-state index is 0.614. The van der Waals surface area contributed by atoms with Crippen LogP contribution in [0.15, 0.2) is 12.4 Å². The summed E-state index contributed by atoms with van der Waals surface area (Å²) in [6.45, 7) is 6.89. The van der Waals surface area contributed by atoms with Crippen LogP contribution in [-0.2, 0) is 6.42 Å². The summed E-state index contributed by atoms with van der Waals surface area (Å²) >= 11 is 0. The molecule has 0 aliphatic carbocycles. The van der Waals surface area contributed by atoms with Gasteiger partial charge < -0.3 is 15.5 Å². The molecule has 0 radical (unpaired) electrons. The highest BCUT2D eigenvalue weighted by molar-refractivity contribution is 5.72. The fourth-order valence-corrected chi connectivity index (χ4v) is 2.49. The number of H-pyrrole nitrogens is 1. The number of imidazole rings is 1. The van der Waals surface area contributed by atoms with Crippen LogP contribution >= 0.6 is 0 Å². The van der Waals surface area contributed by atoms with Crippen molar-refractivity contribution >= 4 is 0 Å². The monoisotopic (exact) mass is 259 g/mol. The zero-order chi connectivity index (χ0) is 14.0. The normalized spacial score (nSPS) is 10.8. The number of nitrogens with one attached hydrogen (secondary N) is 1. The van der Waals surface area contributed by atoms with E-state index in [-0.39, 0.29) is 0 Å². The Kier molecular flexibility index (Phi) is 3.90. The summed E-state index contributed by atoms with van der Waals surface area (Å²) in [4.78, 5) is 7.66. The number of nitrogens with two attached hydrogens (primary N) is 1. The second-order valence-electron chi connectivity index (χ2n) is 4.79. The zero-order valence-corrected chi connectivity index (χ0v) is 12.0. The van der Waals surface area contributed by atoms with Crippen LogP contribution in [0.4, 0.5) is 0 Å². The molecule has 0 saturated heterocycles. The van der Waals surface area contributed by atoms with Gasteiger partial charge in [-0.1, -0.05) is 0 Å². The number of hydrogen-bond acceptors (Lipinski definition) is 3. The van der Waals surface area contributed by atoms with Gasteiger partial charge in [-0.2, -0.15) is 0 Å². The van der Waals surface area contributed by atoms with Crippen LogP contribution in [0.2, 0.25) is 0 Å². The number of benzene rings is 1. The molecule has 0 atom stereocenters. The lowest BCUT2D eigenvalue weighted by molar-refractivity contribution is 0.411. The van der Waals surface area contributed by atoms with Crippen molar-refractivity contribution in [2.45, 2.75) is 27.2 Å². The molecule has 0 bridgehead atoms. The number of aromatic nitrogens is 2. The number of methoxy groups -OCH3 is 1. The van der Waals surface area contributed by atoms with Gasteiger partial charge in [-0.3, -0.25) is 0 Å². The molecule has 0 unspecified atom stereocenters. The van der Waals surface area contributed by atoms with Crippen molar-refractivity contribution in [1.82, 2.24) is 9.97 Å². The van der Waals surface area contributed by atoms with E-state index in [9.17, 15) is 0 Å². The quantitative estimate of drug-likeness (QED) is 0.886. The van der Waals surface area contributed by atoms with Gasteiger partial charge in [-0.05, 0) is 50.1 Å². The van der Waals surface area contributed by atoms with Crippen LogP contribution in [0.1, 0.15) is 22.4 Å². The van der Waals surface area contributed by atoms with E-state index < -0.39 is 0 Å². The van der Waals surface area contributed by atoms with Gasteiger partial charge in [0.1, 0.15) is 5.75 Å². The molecule has 4 heteroatoms. The topological polar surface area (TPSA) is 63.9 Å². The first-order valence-electron chi connectivity index (χ1n) is 6.47. The van der Waals surface area contributed by atoms with Crippen LogP contribution in [0, 0.1) is 20.8 Å². The van der Waals surface area contributed by atoms with E-state index in [0.717, 1.165) is 29.1 Å². The smallest absolute Gasteiger partial charge is 0.122 e. The first-order valence-corrected chi connectivity index (χ1v) is 6.47. The molecule has 4 nitrogen and oxygen atoms in total. The van der Waals surface area contributed by atoms with E-state index in [1.54, 1.807) is 13.4 Å². The van der Waals surface area contributed by atoms with Crippen molar-refractivity contribution in [2.24, 2.45) is 5.73 Å². The highest BCUT2D eigenvalue weighted by atomic mass is 16.5. The van der Waals surface area contributed by atoms with E-state index in [4.69, 9.17) is 10.5 Å². The molecular weight excluding hydrogens is 238 g/mol. The van der Waals surface area contributed by atoms with Crippen molar-refractivity contribution in [2.75, 3.05) is 13.7 Å². The van der Waals surface area contributed by atoms with Crippen LogP contribution in [0.3, 0.4) is 0 Å². The molecule has 1 aromatic heterocycles. The Bertz CT molecular complexity index is 587. The third-order valence-electron chi connectivity index (χ3n) is 3.62. The maximum atomic E-state index is 5.65. The summed E-state index contributed by atoms with van der Waals surface area (Å²) in [5.41, 5.74) is 12.5. The summed E-state index contributed by atoms with van der Waals surface area (Å²) in [7, 11) is 1.70. The lowest BCUT2D eigenvalue weighted by Gasteiger charge is -2.15. The second-order valence-corrected chi connectivity index (χ2v) is 4.79. The van der Waals surface area contributed by atoms with Gasteiger partial charge in [-0.15, -0.1) is 0 Å². The van der Waals surface area contributed by atoms with E-state index >= 15 is 0 Å². The van der Waals surface area contributed by atoms with Crippen molar-refractivity contribution in [3.8, 4) is 17.0 Å². The Morgan fingerprint density at radius 1 is 1.26 bits per heavy atom. The number of aromatic amines is 1. The number of ether oxygens (including phenoxy) is 1. The molecule has 0 fully saturated rings. The molecule has 3 N–H and O–H groups in total. The van der Waals surface area contributed by atoms with Gasteiger partial charge >= 0.3 is 0 Å². The summed E-state index contributed by atoms with van der Waals surface area (Å²) in [6.07, 6.45) is 2.54. The molecule has 102 valence electrons. The van der Waals surface area contributed by atoms with Crippen LogP contribution in [0.25, 0.3) is 11.3 Å². The molecule has 0 aliphatic rings. The van der Waals surface area contributed by atoms with E-state index in [2.05, 4.69) is 36.8 Å². The third-order valence-corrected chi connectivity index (χ3v) is 3.62. The van der Waals surface area contributed by atoms with E-state index in [0.29, 0.717) is 6.54 Å². The average Bonchev–Trinajstić information content (AvgIpc) is 2.83. The van der Waals surface area contributed by atoms with Crippen molar-refractivity contribution in [1.29, 1.82) is 0 Å². The lowest BCUT2D eigenvalue weighted by Crippen LogP contribution is -2.05. The predicted molar refractivity (Wildman–Crippen MR) is 77.5 cm³/mol. The molecule has 1 heterocycles. The molecule has 19 heavy (non-hydrogen) atoms. The van der Waals surface area contributed by atoms with Crippen molar-refractivity contribution in [3.05, 3.63) is 34.8 Å². The largest absolute Gasteiger partial charge is 0.496 e. The summed E-state index contributed by atoms with van der Waals surface area (Å²) in [6, 6.07) is 2.07. The van der Waals surface area contributed by atoms with Crippen LogP contribution in [-0.4, -0.2) is 23.6 Å². The number of rotatable bonds is 4. The highest BCUT2D eigenvalue weighted by Crippen LogP contribution is 2.34. The van der Waals surface area contributed by atoms with E-state index in [1.807, 2.05) is 0 Å². The predicted octanol–water partition coefficient (Wildman–Crippen LogP) is 2.51. The molecule has 0 aliphatic heterocycles. The number of nitrogens with zero attached hydrogens (tertiary/aromatic N) is 1. The Morgan fingerprint density at radius 2 is 2.00 bits per heavy atom. The minimum atomic E-state index is 0.614. The molecular formula is C15H21N3O. The Hall–Kier alpha value is -1.81. The van der Waals surface area contributed by atoms with Gasteiger partial charge in [0.15, 0.2) is 0 Å². The van der Waals surface area contributed by atoms with Gasteiger partial charge in [0, 0.05) is 17.7 Å². The average molecular weight is 259 g/mol. The molecule has 1 aromatic carbocycles. The standard InChI is InChI=1S/C15H21N3O/c1-9-7-13(19-4)10(2)11(3)14(9)15-12(5-6-16)17-8-18-15/h7-8H,5-6,16H2,1-4H3,(H,17,18). The van der Waals surface area contributed by atoms with Crippen molar-refractivity contribution < 1.29 is 4.74 Å². The van der Waals surface area contributed by atoms with Gasteiger partial charge in [-0.25, -0.2) is 4.98 Å². The summed E-state index contributed by atoms with van der Waals surface area (Å²) in [5.74, 6) is 0.926. The molecule has 2 rings (SSSR count). The fourth-order valence-electron chi connectivity index (χ4n) is 2.49. The number of hydrogen-bond donors (Lipinski definition) is 2. The van der Waals surface area contributed by atoms with Gasteiger partial charge in [0.2, 0.25) is 0 Å². The van der Waals surface area contributed by atoms with Crippen LogP contribution < -0.4 is 10.5 Å². The molecule has 0 spiro atoms. The summed E-state index contributed by atoms with van der Waals surface area (Å²) in [5, 5.41) is 0. The third kappa shape index (κ3) is 2.36. The maximum Gasteiger partial charge on any atom is 0.122 e. The molecule has 0 amide bonds. The number of aryl methyl sites for hydroxylation is 1. The first-order chi connectivity index (χ1) is 9.10. The van der Waals surface area contributed by atoms with Crippen LogP contribution in [0.5, 0.6) is 5.75 Å². The zero-order valence-electron chi connectivity index (χ0n) is 12.0. The van der Waals surface area contributed by atoms with Gasteiger partial charge in [0.25, 0.3) is 0 Å².